The van der Waals surface area contributed by atoms with E-state index in [0.29, 0.717) is 0 Å². The van der Waals surface area contributed by atoms with E-state index < -0.39 is 11.8 Å². The number of hydrogen-bond acceptors (Lipinski definition) is 8. The van der Waals surface area contributed by atoms with Crippen molar-refractivity contribution < 1.29 is 14.3 Å². The fraction of sp³-hybridized carbons (Fsp3) is 0.500. The van der Waals surface area contributed by atoms with Crippen molar-refractivity contribution in [3.63, 3.8) is 0 Å². The number of ether oxygens (including phenoxy) is 1. The maximum Gasteiger partial charge on any atom is 0.323 e. The third-order valence-corrected chi connectivity index (χ3v) is 1.94. The predicted octanol–water partition coefficient (Wildman–Crippen LogP) is -1.98. The van der Waals surface area contributed by atoms with Gasteiger partial charge in [0.05, 0.1) is 6.10 Å². The van der Waals surface area contributed by atoms with Crippen LogP contribution in [0.3, 0.4) is 0 Å². The van der Waals surface area contributed by atoms with Gasteiger partial charge in [-0.25, -0.2) is 0 Å². The van der Waals surface area contributed by atoms with E-state index in [-0.39, 0.29) is 37.1 Å². The fourth-order valence-corrected chi connectivity index (χ4v) is 1.34. The summed E-state index contributed by atoms with van der Waals surface area (Å²) in [7, 11) is 0. The van der Waals surface area contributed by atoms with Crippen molar-refractivity contribution in [1.29, 1.82) is 0 Å². The molecule has 1 rings (SSSR count). The van der Waals surface area contributed by atoms with E-state index in [4.69, 9.17) is 21.9 Å². The summed E-state index contributed by atoms with van der Waals surface area (Å²) in [5.41, 5.74) is 15.7. The molecule has 0 aliphatic rings. The number of carbonyl (C=O) groups is 2. The first-order valence-electron chi connectivity index (χ1n) is 5.77. The number of primary amides is 2. The maximum absolute atomic E-state index is 11.0. The van der Waals surface area contributed by atoms with Crippen molar-refractivity contribution in [3.8, 4) is 6.01 Å². The lowest BCUT2D eigenvalue weighted by atomic mass is 10.4. The molecule has 0 unspecified atom stereocenters. The molecule has 0 atom stereocenters. The van der Waals surface area contributed by atoms with Crippen LogP contribution in [0.2, 0.25) is 0 Å². The van der Waals surface area contributed by atoms with Gasteiger partial charge in [-0.3, -0.25) is 9.59 Å². The van der Waals surface area contributed by atoms with Gasteiger partial charge in [0.25, 0.3) is 0 Å². The van der Waals surface area contributed by atoms with E-state index in [1.807, 2.05) is 0 Å². The zero-order valence-corrected chi connectivity index (χ0v) is 11.2. The molecular formula is C10H17N7O3. The molecule has 0 aromatic carbocycles. The molecule has 10 nitrogen and oxygen atoms in total. The lowest BCUT2D eigenvalue weighted by molar-refractivity contribution is -0.117. The second-order valence-corrected chi connectivity index (χ2v) is 4.23. The van der Waals surface area contributed by atoms with Crippen molar-refractivity contribution in [3.05, 3.63) is 0 Å². The van der Waals surface area contributed by atoms with Gasteiger partial charge < -0.3 is 26.8 Å². The average Bonchev–Trinajstić information content (AvgIpc) is 2.24. The van der Waals surface area contributed by atoms with E-state index in [1.165, 1.54) is 4.90 Å². The standard InChI is InChI=1S/C10H17N7O3/c1-5(2)20-10-15-8(13)14-9(16-10)17(3-6(11)18)4-7(12)19/h5H,3-4H2,1-2H3,(H2,11,18)(H2,12,19)(H2,13,14,15,16). The number of nitrogens with zero attached hydrogens (tertiary/aromatic N) is 4. The van der Waals surface area contributed by atoms with Crippen LogP contribution in [0.25, 0.3) is 0 Å². The minimum absolute atomic E-state index is 0.00856. The van der Waals surface area contributed by atoms with E-state index in [2.05, 4.69) is 15.0 Å². The van der Waals surface area contributed by atoms with Crippen LogP contribution in [0.4, 0.5) is 11.9 Å². The first-order valence-corrected chi connectivity index (χ1v) is 5.77. The third kappa shape index (κ3) is 4.92. The highest BCUT2D eigenvalue weighted by molar-refractivity contribution is 5.83. The number of anilines is 2. The number of hydrogen-bond donors (Lipinski definition) is 3. The van der Waals surface area contributed by atoms with Crippen LogP contribution in [0, 0.1) is 0 Å². The minimum atomic E-state index is -0.670. The van der Waals surface area contributed by atoms with Gasteiger partial charge in [0.15, 0.2) is 0 Å². The summed E-state index contributed by atoms with van der Waals surface area (Å²) >= 11 is 0. The zero-order chi connectivity index (χ0) is 15.3. The molecule has 0 aliphatic heterocycles. The van der Waals surface area contributed by atoms with Crippen LogP contribution in [0.1, 0.15) is 13.8 Å². The van der Waals surface area contributed by atoms with Gasteiger partial charge in [0, 0.05) is 0 Å². The molecule has 6 N–H and O–H groups in total. The Morgan fingerprint density at radius 3 is 2.15 bits per heavy atom. The summed E-state index contributed by atoms with van der Waals surface area (Å²) in [4.78, 5) is 34.8. The number of carbonyl (C=O) groups excluding carboxylic acids is 2. The average molecular weight is 283 g/mol. The molecule has 0 spiro atoms. The SMILES string of the molecule is CC(C)Oc1nc(N)nc(N(CC(N)=O)CC(N)=O)n1. The molecular weight excluding hydrogens is 266 g/mol. The summed E-state index contributed by atoms with van der Waals surface area (Å²) in [6, 6.07) is -0.0126. The molecule has 110 valence electrons. The van der Waals surface area contributed by atoms with Crippen molar-refractivity contribution >= 4 is 23.7 Å². The highest BCUT2D eigenvalue weighted by atomic mass is 16.5. The number of amides is 2. The van der Waals surface area contributed by atoms with E-state index >= 15 is 0 Å². The van der Waals surface area contributed by atoms with Gasteiger partial charge in [-0.05, 0) is 13.8 Å². The summed E-state index contributed by atoms with van der Waals surface area (Å²) in [6.45, 7) is 3.00. The summed E-state index contributed by atoms with van der Waals surface area (Å²) in [5.74, 6) is -1.46. The molecule has 0 saturated heterocycles. The molecule has 1 aromatic heterocycles. The topological polar surface area (TPSA) is 163 Å². The van der Waals surface area contributed by atoms with E-state index in [0.717, 1.165) is 0 Å². The summed E-state index contributed by atoms with van der Waals surface area (Å²) in [5, 5.41) is 0. The van der Waals surface area contributed by atoms with Crippen LogP contribution in [-0.4, -0.2) is 46.0 Å². The molecule has 0 aliphatic carbocycles. The van der Waals surface area contributed by atoms with E-state index in [9.17, 15) is 9.59 Å². The lowest BCUT2D eigenvalue weighted by Gasteiger charge is -2.19. The molecule has 0 saturated carbocycles. The Morgan fingerprint density at radius 2 is 1.70 bits per heavy atom. The first kappa shape index (κ1) is 15.4. The van der Waals surface area contributed by atoms with Gasteiger partial charge in [0.1, 0.15) is 13.1 Å². The van der Waals surface area contributed by atoms with Crippen LogP contribution >= 0.6 is 0 Å². The fourth-order valence-electron chi connectivity index (χ4n) is 1.34. The van der Waals surface area contributed by atoms with Crippen LogP contribution in [0.5, 0.6) is 6.01 Å². The van der Waals surface area contributed by atoms with Crippen LogP contribution < -0.4 is 26.8 Å². The third-order valence-electron chi connectivity index (χ3n) is 1.94. The van der Waals surface area contributed by atoms with Gasteiger partial charge in [0.2, 0.25) is 23.7 Å². The molecule has 2 amide bonds. The van der Waals surface area contributed by atoms with Gasteiger partial charge in [-0.1, -0.05) is 0 Å². The lowest BCUT2D eigenvalue weighted by Crippen LogP contribution is -2.40. The van der Waals surface area contributed by atoms with E-state index in [1.54, 1.807) is 13.8 Å². The summed E-state index contributed by atoms with van der Waals surface area (Å²) < 4.78 is 5.29. The second-order valence-electron chi connectivity index (χ2n) is 4.23. The van der Waals surface area contributed by atoms with Gasteiger partial charge in [-0.2, -0.15) is 15.0 Å². The van der Waals surface area contributed by atoms with Gasteiger partial charge >= 0.3 is 6.01 Å². The van der Waals surface area contributed by atoms with Crippen molar-refractivity contribution in [2.45, 2.75) is 20.0 Å². The Labute approximate surface area is 115 Å². The Morgan fingerprint density at radius 1 is 1.15 bits per heavy atom. The smallest absolute Gasteiger partial charge is 0.323 e. The highest BCUT2D eigenvalue weighted by Crippen LogP contribution is 2.14. The van der Waals surface area contributed by atoms with Crippen molar-refractivity contribution in [2.24, 2.45) is 11.5 Å². The van der Waals surface area contributed by atoms with Crippen molar-refractivity contribution in [1.82, 2.24) is 15.0 Å². The van der Waals surface area contributed by atoms with Crippen LogP contribution in [-0.2, 0) is 9.59 Å². The number of aromatic nitrogens is 3. The maximum atomic E-state index is 11.0. The Hall–Kier alpha value is -2.65. The molecule has 0 radical (unpaired) electrons. The Bertz CT molecular complexity index is 490. The predicted molar refractivity (Wildman–Crippen MR) is 70.6 cm³/mol. The minimum Gasteiger partial charge on any atom is -0.461 e. The molecule has 20 heavy (non-hydrogen) atoms. The number of nitrogen functional groups attached to an aromatic ring is 1. The Balaban J connectivity index is 3.07. The largest absolute Gasteiger partial charge is 0.461 e. The monoisotopic (exact) mass is 283 g/mol. The molecule has 1 aromatic rings. The number of nitrogens with two attached hydrogens (primary N) is 3. The van der Waals surface area contributed by atoms with Gasteiger partial charge in [-0.15, -0.1) is 0 Å². The van der Waals surface area contributed by atoms with Crippen molar-refractivity contribution in [2.75, 3.05) is 23.7 Å². The molecule has 1 heterocycles. The second kappa shape index (κ2) is 6.50. The zero-order valence-electron chi connectivity index (χ0n) is 11.2. The Kier molecular flexibility index (Phi) is 5.01. The summed E-state index contributed by atoms with van der Waals surface area (Å²) in [6.07, 6.45) is -0.176. The molecule has 0 fully saturated rings. The van der Waals surface area contributed by atoms with Crippen LogP contribution in [0.15, 0.2) is 0 Å². The molecule has 10 heteroatoms. The quantitative estimate of drug-likeness (QED) is 0.518. The number of rotatable bonds is 7. The first-order chi connectivity index (χ1) is 9.27. The normalized spacial score (nSPS) is 10.3. The highest BCUT2D eigenvalue weighted by Gasteiger charge is 2.17. The molecule has 0 bridgehead atoms.